The molecule has 1 saturated carbocycles. The monoisotopic (exact) mass is 295 g/mol. The second-order valence-electron chi connectivity index (χ2n) is 6.00. The van der Waals surface area contributed by atoms with Crippen molar-refractivity contribution in [2.45, 2.75) is 42.9 Å². The predicted molar refractivity (Wildman–Crippen MR) is 76.4 cm³/mol. The van der Waals surface area contributed by atoms with E-state index in [1.165, 1.54) is 25.3 Å². The molecule has 2 heterocycles. The number of rotatable bonds is 4. The minimum absolute atomic E-state index is 0.189. The van der Waals surface area contributed by atoms with Crippen molar-refractivity contribution in [1.29, 1.82) is 0 Å². The summed E-state index contributed by atoms with van der Waals surface area (Å²) >= 11 is 0. The molecule has 1 aliphatic carbocycles. The van der Waals surface area contributed by atoms with E-state index in [1.807, 2.05) is 0 Å². The van der Waals surface area contributed by atoms with Crippen LogP contribution in [-0.4, -0.2) is 37.7 Å². The Hall–Kier alpha value is -1.01. The Bertz CT molecular complexity index is 590. The average molecular weight is 295 g/mol. The molecule has 5 nitrogen and oxygen atoms in total. The second kappa shape index (κ2) is 5.41. The third-order valence-electron chi connectivity index (χ3n) is 4.08. The lowest BCUT2D eigenvalue weighted by molar-refractivity contribution is 0.446. The lowest BCUT2D eigenvalue weighted by atomic mass is 9.96. The molecular formula is C14H21N3O2S. The smallest absolute Gasteiger partial charge is 0.178 e. The third kappa shape index (κ3) is 3.17. The number of nitrogens with zero attached hydrogens (tertiary/aromatic N) is 2. The van der Waals surface area contributed by atoms with Crippen LogP contribution >= 0.6 is 0 Å². The van der Waals surface area contributed by atoms with Gasteiger partial charge in [0, 0.05) is 31.3 Å². The standard InChI is InChI=1S/C14H21N3O2S/c1-20(18,19)12-9-16-13(7-10-4-5-10)17-14(12)11-3-2-6-15-8-11/h9-11,15H,2-8H2,1H3/t11-/m0/s1. The summed E-state index contributed by atoms with van der Waals surface area (Å²) in [5.74, 6) is 1.70. The molecule has 110 valence electrons. The summed E-state index contributed by atoms with van der Waals surface area (Å²) in [6.45, 7) is 1.81. The molecule has 0 aromatic carbocycles. The van der Waals surface area contributed by atoms with Crippen LogP contribution in [0.3, 0.4) is 0 Å². The molecule has 0 bridgehead atoms. The molecule has 0 unspecified atom stereocenters. The van der Waals surface area contributed by atoms with Gasteiger partial charge in [-0.15, -0.1) is 0 Å². The number of hydrogen-bond donors (Lipinski definition) is 1. The normalized spacial score (nSPS) is 23.8. The number of sulfone groups is 1. The fourth-order valence-electron chi connectivity index (χ4n) is 2.76. The van der Waals surface area contributed by atoms with Gasteiger partial charge in [0.25, 0.3) is 0 Å². The first-order chi connectivity index (χ1) is 9.54. The molecule has 1 atom stereocenters. The first kappa shape index (κ1) is 13.9. The van der Waals surface area contributed by atoms with Crippen LogP contribution in [0.15, 0.2) is 11.1 Å². The average Bonchev–Trinajstić information content (AvgIpc) is 3.22. The SMILES string of the molecule is CS(=O)(=O)c1cnc(CC2CC2)nc1[C@H]1CCCNC1. The van der Waals surface area contributed by atoms with Crippen molar-refractivity contribution in [1.82, 2.24) is 15.3 Å². The van der Waals surface area contributed by atoms with Gasteiger partial charge in [0.05, 0.1) is 5.69 Å². The lowest BCUT2D eigenvalue weighted by Gasteiger charge is -2.24. The van der Waals surface area contributed by atoms with Gasteiger partial charge in [-0.05, 0) is 38.1 Å². The van der Waals surface area contributed by atoms with Crippen LogP contribution in [0.5, 0.6) is 0 Å². The van der Waals surface area contributed by atoms with Gasteiger partial charge >= 0.3 is 0 Å². The highest BCUT2D eigenvalue weighted by Gasteiger charge is 2.27. The minimum atomic E-state index is -3.27. The van der Waals surface area contributed by atoms with E-state index < -0.39 is 9.84 Å². The van der Waals surface area contributed by atoms with Gasteiger partial charge in [0.2, 0.25) is 0 Å². The van der Waals surface area contributed by atoms with E-state index in [0.29, 0.717) is 10.8 Å². The van der Waals surface area contributed by atoms with E-state index >= 15 is 0 Å². The van der Waals surface area contributed by atoms with Crippen LogP contribution in [0.4, 0.5) is 0 Å². The highest BCUT2D eigenvalue weighted by Crippen LogP contribution is 2.33. The van der Waals surface area contributed by atoms with Gasteiger partial charge in [-0.25, -0.2) is 18.4 Å². The quantitative estimate of drug-likeness (QED) is 0.906. The molecule has 1 aromatic heterocycles. The van der Waals surface area contributed by atoms with E-state index in [1.54, 1.807) is 0 Å². The van der Waals surface area contributed by atoms with Gasteiger partial charge in [-0.1, -0.05) is 0 Å². The maximum absolute atomic E-state index is 11.9. The molecule has 2 aliphatic rings. The van der Waals surface area contributed by atoms with E-state index in [9.17, 15) is 8.42 Å². The number of piperidine rings is 1. The summed E-state index contributed by atoms with van der Waals surface area (Å²) in [6.07, 6.45) is 8.20. The van der Waals surface area contributed by atoms with E-state index in [-0.39, 0.29) is 5.92 Å². The first-order valence-electron chi connectivity index (χ1n) is 7.30. The Kier molecular flexibility index (Phi) is 3.77. The fraction of sp³-hybridized carbons (Fsp3) is 0.714. The van der Waals surface area contributed by atoms with Crippen molar-refractivity contribution in [3.8, 4) is 0 Å². The maximum Gasteiger partial charge on any atom is 0.178 e. The second-order valence-corrected chi connectivity index (χ2v) is 7.98. The summed E-state index contributed by atoms with van der Waals surface area (Å²) in [5.41, 5.74) is 0.727. The molecule has 0 spiro atoms. The van der Waals surface area contributed by atoms with Crippen molar-refractivity contribution in [2.24, 2.45) is 5.92 Å². The van der Waals surface area contributed by atoms with Crippen molar-refractivity contribution >= 4 is 9.84 Å². The zero-order valence-electron chi connectivity index (χ0n) is 11.8. The Morgan fingerprint density at radius 1 is 1.35 bits per heavy atom. The molecule has 20 heavy (non-hydrogen) atoms. The molecule has 0 amide bonds. The number of hydrogen-bond acceptors (Lipinski definition) is 5. The molecule has 0 radical (unpaired) electrons. The predicted octanol–water partition coefficient (Wildman–Crippen LogP) is 1.30. The van der Waals surface area contributed by atoms with Gasteiger partial charge in [-0.2, -0.15) is 0 Å². The number of nitrogens with one attached hydrogen (secondary N) is 1. The molecule has 6 heteroatoms. The lowest BCUT2D eigenvalue weighted by Crippen LogP contribution is -2.30. The summed E-state index contributed by atoms with van der Waals surface area (Å²) < 4.78 is 23.9. The summed E-state index contributed by atoms with van der Waals surface area (Å²) in [7, 11) is -3.27. The zero-order chi connectivity index (χ0) is 14.2. The molecule has 2 fully saturated rings. The van der Waals surface area contributed by atoms with Gasteiger partial charge in [0.1, 0.15) is 10.7 Å². The third-order valence-corrected chi connectivity index (χ3v) is 5.20. The highest BCUT2D eigenvalue weighted by molar-refractivity contribution is 7.90. The van der Waals surface area contributed by atoms with Gasteiger partial charge < -0.3 is 5.32 Å². The Morgan fingerprint density at radius 3 is 2.75 bits per heavy atom. The molecule has 3 rings (SSSR count). The molecule has 1 aromatic rings. The highest BCUT2D eigenvalue weighted by atomic mass is 32.2. The van der Waals surface area contributed by atoms with Crippen LogP contribution in [-0.2, 0) is 16.3 Å². The van der Waals surface area contributed by atoms with Gasteiger partial charge in [0.15, 0.2) is 9.84 Å². The van der Waals surface area contributed by atoms with Crippen LogP contribution in [0.1, 0.15) is 43.1 Å². The Morgan fingerprint density at radius 2 is 2.15 bits per heavy atom. The van der Waals surface area contributed by atoms with Crippen molar-refractivity contribution in [2.75, 3.05) is 19.3 Å². The van der Waals surface area contributed by atoms with E-state index in [4.69, 9.17) is 0 Å². The van der Waals surface area contributed by atoms with E-state index in [2.05, 4.69) is 15.3 Å². The van der Waals surface area contributed by atoms with Gasteiger partial charge in [-0.3, -0.25) is 0 Å². The topological polar surface area (TPSA) is 72.0 Å². The Labute approximate surface area is 120 Å². The minimum Gasteiger partial charge on any atom is -0.316 e. The molecular weight excluding hydrogens is 274 g/mol. The van der Waals surface area contributed by atoms with Crippen LogP contribution in [0, 0.1) is 5.92 Å². The van der Waals surface area contributed by atoms with Crippen molar-refractivity contribution < 1.29 is 8.42 Å². The fourth-order valence-corrected chi connectivity index (χ4v) is 3.60. The first-order valence-corrected chi connectivity index (χ1v) is 9.20. The van der Waals surface area contributed by atoms with Crippen LogP contribution in [0.25, 0.3) is 0 Å². The summed E-state index contributed by atoms with van der Waals surface area (Å²) in [4.78, 5) is 9.19. The van der Waals surface area contributed by atoms with Crippen molar-refractivity contribution in [3.63, 3.8) is 0 Å². The van der Waals surface area contributed by atoms with Crippen molar-refractivity contribution in [3.05, 3.63) is 17.7 Å². The maximum atomic E-state index is 11.9. The largest absolute Gasteiger partial charge is 0.316 e. The van der Waals surface area contributed by atoms with E-state index in [0.717, 1.165) is 43.9 Å². The van der Waals surface area contributed by atoms with Crippen LogP contribution < -0.4 is 5.32 Å². The Balaban J connectivity index is 1.96. The zero-order valence-corrected chi connectivity index (χ0v) is 12.6. The summed E-state index contributed by atoms with van der Waals surface area (Å²) in [5, 5.41) is 3.33. The number of aromatic nitrogens is 2. The molecule has 1 aliphatic heterocycles. The van der Waals surface area contributed by atoms with Crippen LogP contribution in [0.2, 0.25) is 0 Å². The molecule has 1 N–H and O–H groups in total. The summed E-state index contributed by atoms with van der Waals surface area (Å²) in [6, 6.07) is 0. The molecule has 1 saturated heterocycles.